The average molecular weight is 825 g/mol. The highest BCUT2D eigenvalue weighted by atomic mass is 16.6. The van der Waals surface area contributed by atoms with Gasteiger partial charge in [0.05, 0.1) is 38.3 Å². The van der Waals surface area contributed by atoms with Crippen LogP contribution < -0.4 is 4.90 Å². The summed E-state index contributed by atoms with van der Waals surface area (Å²) < 4.78 is 32.8. The van der Waals surface area contributed by atoms with E-state index in [0.29, 0.717) is 25.8 Å². The van der Waals surface area contributed by atoms with Gasteiger partial charge in [0, 0.05) is 68.5 Å². The molecule has 3 saturated heterocycles. The molecule has 0 bridgehead atoms. The van der Waals surface area contributed by atoms with Gasteiger partial charge in [-0.2, -0.15) is 0 Å². The second-order valence-electron chi connectivity index (χ2n) is 17.5. The summed E-state index contributed by atoms with van der Waals surface area (Å²) in [4.78, 5) is 67.9. The van der Waals surface area contributed by atoms with Crippen LogP contribution in [-0.2, 0) is 44.6 Å². The lowest BCUT2D eigenvalue weighted by Crippen LogP contribution is -3.12. The van der Waals surface area contributed by atoms with Gasteiger partial charge < -0.3 is 43.2 Å². The van der Waals surface area contributed by atoms with Crippen molar-refractivity contribution in [2.24, 2.45) is 23.7 Å². The third-order valence-electron chi connectivity index (χ3n) is 12.9. The fourth-order valence-electron chi connectivity index (χ4n) is 9.52. The Balaban J connectivity index is 1.44. The first-order valence-corrected chi connectivity index (χ1v) is 21.1. The number of ketones is 2. The number of imidazole rings is 1. The second-order valence-corrected chi connectivity index (χ2v) is 17.5. The summed E-state index contributed by atoms with van der Waals surface area (Å²) in [6, 6.07) is 2.84. The van der Waals surface area contributed by atoms with Gasteiger partial charge in [-0.1, -0.05) is 34.3 Å². The lowest BCUT2D eigenvalue weighted by atomic mass is 9.73. The topological polar surface area (TPSA) is 173 Å². The molecule has 0 spiro atoms. The average Bonchev–Trinajstić information content (AvgIpc) is 3.78. The van der Waals surface area contributed by atoms with Crippen molar-refractivity contribution in [2.75, 3.05) is 27.7 Å². The summed E-state index contributed by atoms with van der Waals surface area (Å²) in [5.74, 6) is -4.52. The highest BCUT2D eigenvalue weighted by molar-refractivity contribution is 5.99. The molecule has 0 aromatic carbocycles. The summed E-state index contributed by atoms with van der Waals surface area (Å²) in [5, 5.41) is 11.1. The Morgan fingerprint density at radius 2 is 1.73 bits per heavy atom. The van der Waals surface area contributed by atoms with E-state index in [1.807, 2.05) is 50.8 Å². The Bertz CT molecular complexity index is 1800. The molecule has 0 saturated carbocycles. The zero-order valence-electron chi connectivity index (χ0n) is 36.5. The van der Waals surface area contributed by atoms with Gasteiger partial charge in [-0.05, 0) is 65.0 Å². The van der Waals surface area contributed by atoms with E-state index in [4.69, 9.17) is 23.7 Å². The van der Waals surface area contributed by atoms with Crippen LogP contribution in [0.5, 0.6) is 0 Å². The van der Waals surface area contributed by atoms with Gasteiger partial charge in [-0.25, -0.2) is 9.78 Å². The number of aryl methyl sites for hydroxylation is 1. The summed E-state index contributed by atoms with van der Waals surface area (Å²) in [6.07, 6.45) is 5.69. The number of ether oxygens (including phenoxy) is 5. The first-order chi connectivity index (χ1) is 27.9. The SMILES string of the molecule is C=C(O[C@H]1[C@H](O)O[C@H](C)C[C@@H]1[NH+](C)C)[C@]1(OC)C[C@@H](C)C(=O)[C@@H](C)C(=O)O[C@H](CC)[C@@]2(C)OC(=O)N(CCCCn3cnc(-c4cccnc4)c3)[C@@H]2[C@@H](C)C(=O)[C@H](C)C1. The maximum absolute atomic E-state index is 14.8. The van der Waals surface area contributed by atoms with Gasteiger partial charge in [0.25, 0.3) is 0 Å². The number of carbonyl (C=O) groups is 4. The van der Waals surface area contributed by atoms with E-state index in [9.17, 15) is 24.3 Å². The van der Waals surface area contributed by atoms with Crippen LogP contribution in [0.25, 0.3) is 11.3 Å². The Kier molecular flexibility index (Phi) is 14.8. The van der Waals surface area contributed by atoms with E-state index in [-0.39, 0.29) is 55.3 Å². The molecule has 2 N–H and O–H groups in total. The quantitative estimate of drug-likeness (QED) is 0.137. The maximum atomic E-state index is 14.8. The van der Waals surface area contributed by atoms with E-state index >= 15 is 0 Å². The number of aliphatic hydroxyl groups is 1. The smallest absolute Gasteiger partial charge is 0.410 e. The number of aromatic nitrogens is 3. The molecule has 15 nitrogen and oxygen atoms in total. The molecule has 2 aromatic rings. The fraction of sp³-hybridized carbons (Fsp3) is 0.682. The molecule has 59 heavy (non-hydrogen) atoms. The number of esters is 1. The molecular formula is C44H66N5O10+. The Morgan fingerprint density at radius 1 is 1.05 bits per heavy atom. The number of likely N-dealkylation sites (N-methyl/N-ethyl adjacent to an activating group) is 1. The number of quaternary nitrogens is 1. The van der Waals surface area contributed by atoms with Crippen molar-refractivity contribution in [3.05, 3.63) is 49.4 Å². The number of fused-ring (bicyclic) bond motifs is 1. The van der Waals surface area contributed by atoms with Crippen LogP contribution in [0.15, 0.2) is 49.4 Å². The monoisotopic (exact) mass is 824 g/mol. The molecule has 3 aliphatic rings. The molecule has 3 fully saturated rings. The molecule has 15 heteroatoms. The molecule has 0 unspecified atom stereocenters. The number of amides is 1. The largest absolute Gasteiger partial charge is 0.481 e. The first kappa shape index (κ1) is 45.9. The van der Waals surface area contributed by atoms with E-state index in [1.165, 1.54) is 14.0 Å². The zero-order chi connectivity index (χ0) is 43.4. The van der Waals surface area contributed by atoms with Crippen molar-refractivity contribution in [3.63, 3.8) is 0 Å². The lowest BCUT2D eigenvalue weighted by molar-refractivity contribution is -0.893. The number of aliphatic hydroxyl groups excluding tert-OH is 1. The summed E-state index contributed by atoms with van der Waals surface area (Å²) in [5.41, 5.74) is -1.09. The number of nitrogens with one attached hydrogen (secondary N) is 1. The molecule has 5 heterocycles. The number of cyclic esters (lactones) is 1. The van der Waals surface area contributed by atoms with Crippen molar-refractivity contribution in [2.45, 2.75) is 141 Å². The molecule has 0 radical (unpaired) electrons. The van der Waals surface area contributed by atoms with Crippen LogP contribution in [0.1, 0.15) is 87.0 Å². The third-order valence-corrected chi connectivity index (χ3v) is 12.9. The summed E-state index contributed by atoms with van der Waals surface area (Å²) >= 11 is 0. The standard InChI is InChI=1S/C44H65N5O10/c1-12-35-43(8)39(49(42(54)59-43)19-14-13-18-48-24-33(46-25-48)32-16-15-17-45-23-32)29(5)36(50)26(2)21-44(55-11,22-27(3)37(51)30(6)40(52)58-35)31(7)57-38-34(47(9)10)20-28(4)56-41(38)53/h15-17,23-30,34-35,38-39,41,53H,7,12-14,18-22H2,1-6,8-11H3/p+1/t26-,27-,28-,29+,30-,34+,35-,38-,39-,41-,43-,44-/m1/s1. The minimum atomic E-state index is -1.42. The predicted octanol–water partition coefficient (Wildman–Crippen LogP) is 4.03. The van der Waals surface area contributed by atoms with Crippen LogP contribution in [0, 0.1) is 23.7 Å². The number of Topliss-reactive ketones (excluding diaryl/α,β-unsaturated/α-hetero) is 2. The molecule has 326 valence electrons. The van der Waals surface area contributed by atoms with Crippen LogP contribution in [0.3, 0.4) is 0 Å². The highest BCUT2D eigenvalue weighted by Crippen LogP contribution is 2.44. The molecular weight excluding hydrogens is 759 g/mol. The minimum absolute atomic E-state index is 0.0388. The van der Waals surface area contributed by atoms with Crippen molar-refractivity contribution in [3.8, 4) is 11.3 Å². The van der Waals surface area contributed by atoms with Crippen LogP contribution in [0.2, 0.25) is 0 Å². The van der Waals surface area contributed by atoms with Crippen molar-refractivity contribution in [1.82, 2.24) is 19.4 Å². The normalized spacial score (nSPS) is 34.9. The number of methoxy groups -OCH3 is 1. The van der Waals surface area contributed by atoms with Crippen LogP contribution in [-0.4, -0.2) is 124 Å². The Labute approximate surface area is 348 Å². The number of carbonyl (C=O) groups excluding carboxylic acids is 4. The number of unbranched alkanes of at least 4 members (excludes halogenated alkanes) is 1. The molecule has 0 aliphatic carbocycles. The Hall–Kier alpha value is -4.18. The number of rotatable bonds is 12. The van der Waals surface area contributed by atoms with Crippen LogP contribution >= 0.6 is 0 Å². The van der Waals surface area contributed by atoms with Gasteiger partial charge >= 0.3 is 12.1 Å². The van der Waals surface area contributed by atoms with Crippen molar-refractivity contribution in [1.29, 1.82) is 0 Å². The van der Waals surface area contributed by atoms with Crippen molar-refractivity contribution < 1.29 is 52.9 Å². The van der Waals surface area contributed by atoms with E-state index < -0.39 is 71.5 Å². The first-order valence-electron chi connectivity index (χ1n) is 21.1. The Morgan fingerprint density at radius 3 is 2.36 bits per heavy atom. The number of hydrogen-bond donors (Lipinski definition) is 2. The lowest BCUT2D eigenvalue weighted by Gasteiger charge is -2.44. The van der Waals surface area contributed by atoms with Gasteiger partial charge in [0.15, 0.2) is 18.0 Å². The number of pyridine rings is 1. The fourth-order valence-corrected chi connectivity index (χ4v) is 9.52. The number of hydrogen-bond acceptors (Lipinski definition) is 12. The second kappa shape index (κ2) is 19.0. The summed E-state index contributed by atoms with van der Waals surface area (Å²) in [7, 11) is 5.43. The summed E-state index contributed by atoms with van der Waals surface area (Å²) in [6.45, 7) is 17.5. The third kappa shape index (κ3) is 9.74. The van der Waals surface area contributed by atoms with Gasteiger partial charge in [0.2, 0.25) is 0 Å². The van der Waals surface area contributed by atoms with E-state index in [1.54, 1.807) is 51.3 Å². The van der Waals surface area contributed by atoms with Gasteiger partial charge in [-0.15, -0.1) is 0 Å². The highest BCUT2D eigenvalue weighted by Gasteiger charge is 2.60. The molecule has 2 aromatic heterocycles. The van der Waals surface area contributed by atoms with E-state index in [0.717, 1.165) is 16.2 Å². The predicted molar refractivity (Wildman–Crippen MR) is 218 cm³/mol. The van der Waals surface area contributed by atoms with Gasteiger partial charge in [0.1, 0.15) is 41.0 Å². The van der Waals surface area contributed by atoms with Crippen LogP contribution in [0.4, 0.5) is 4.79 Å². The number of nitrogens with zero attached hydrogens (tertiary/aromatic N) is 4. The molecule has 12 atom stereocenters. The van der Waals surface area contributed by atoms with E-state index in [2.05, 4.69) is 16.5 Å². The minimum Gasteiger partial charge on any atom is -0.481 e. The zero-order valence-corrected chi connectivity index (χ0v) is 36.5. The molecule has 1 amide bonds. The maximum Gasteiger partial charge on any atom is 0.410 e. The van der Waals surface area contributed by atoms with Gasteiger partial charge in [-0.3, -0.25) is 19.4 Å². The van der Waals surface area contributed by atoms with Crippen molar-refractivity contribution >= 4 is 23.6 Å². The molecule has 3 aliphatic heterocycles. The molecule has 5 rings (SSSR count).